The molecule has 1 aromatic carbocycles. The molecular formula is C10H10FN3S. The van der Waals surface area contributed by atoms with Gasteiger partial charge in [0.15, 0.2) is 11.4 Å². The summed E-state index contributed by atoms with van der Waals surface area (Å²) in [6.07, 6.45) is 3.50. The van der Waals surface area contributed by atoms with Gasteiger partial charge in [0, 0.05) is 0 Å². The van der Waals surface area contributed by atoms with E-state index in [9.17, 15) is 4.39 Å². The minimum Gasteiger partial charge on any atom is -0.271 e. The standard InChI is InChI=1S/C10H10FN3S/c1-7-3-4-9(8(11)5-7)14-10(15-2)13-6-12/h3-5H,1-2H3,(H,13,14). The van der Waals surface area contributed by atoms with Gasteiger partial charge in [0.05, 0.1) is 0 Å². The van der Waals surface area contributed by atoms with Crippen molar-refractivity contribution in [2.45, 2.75) is 6.92 Å². The van der Waals surface area contributed by atoms with Crippen LogP contribution in [0.25, 0.3) is 0 Å². The highest BCUT2D eigenvalue weighted by atomic mass is 32.2. The van der Waals surface area contributed by atoms with Crippen molar-refractivity contribution in [3.05, 3.63) is 29.6 Å². The Morgan fingerprint density at radius 2 is 2.33 bits per heavy atom. The van der Waals surface area contributed by atoms with Gasteiger partial charge in [0.2, 0.25) is 0 Å². The first-order valence-electron chi connectivity index (χ1n) is 4.21. The minimum atomic E-state index is -0.388. The van der Waals surface area contributed by atoms with E-state index in [1.807, 2.05) is 0 Å². The average Bonchev–Trinajstić information content (AvgIpc) is 2.21. The molecular weight excluding hydrogens is 213 g/mol. The summed E-state index contributed by atoms with van der Waals surface area (Å²) in [6, 6.07) is 4.76. The molecule has 15 heavy (non-hydrogen) atoms. The van der Waals surface area contributed by atoms with Crippen LogP contribution in [0.15, 0.2) is 23.2 Å². The van der Waals surface area contributed by atoms with Gasteiger partial charge in [-0.2, -0.15) is 5.26 Å². The molecule has 0 saturated carbocycles. The Balaban J connectivity index is 3.01. The molecule has 0 aliphatic heterocycles. The van der Waals surface area contributed by atoms with Gasteiger partial charge in [-0.3, -0.25) is 5.32 Å². The third kappa shape index (κ3) is 3.26. The molecule has 0 fully saturated rings. The summed E-state index contributed by atoms with van der Waals surface area (Å²) in [5.74, 6) is -0.388. The number of aliphatic imine (C=N–C) groups is 1. The molecule has 0 unspecified atom stereocenters. The normalized spacial score (nSPS) is 10.9. The molecule has 0 atom stereocenters. The number of nitrogens with one attached hydrogen (secondary N) is 1. The first kappa shape index (κ1) is 11.5. The van der Waals surface area contributed by atoms with Crippen LogP contribution in [-0.2, 0) is 0 Å². The quantitative estimate of drug-likeness (QED) is 0.344. The predicted molar refractivity (Wildman–Crippen MR) is 60.5 cm³/mol. The number of halogens is 1. The highest BCUT2D eigenvalue weighted by molar-refractivity contribution is 8.13. The van der Waals surface area contributed by atoms with Crippen LogP contribution in [0.4, 0.5) is 10.1 Å². The maximum atomic E-state index is 13.4. The fourth-order valence-corrected chi connectivity index (χ4v) is 1.32. The smallest absolute Gasteiger partial charge is 0.183 e. The lowest BCUT2D eigenvalue weighted by Crippen LogP contribution is -2.12. The summed E-state index contributed by atoms with van der Waals surface area (Å²) in [6.45, 7) is 1.81. The molecule has 5 heteroatoms. The van der Waals surface area contributed by atoms with Crippen molar-refractivity contribution >= 4 is 22.6 Å². The van der Waals surface area contributed by atoms with Gasteiger partial charge >= 0.3 is 0 Å². The molecule has 0 aromatic heterocycles. The lowest BCUT2D eigenvalue weighted by atomic mass is 10.2. The summed E-state index contributed by atoms with van der Waals surface area (Å²) < 4.78 is 13.4. The van der Waals surface area contributed by atoms with Crippen molar-refractivity contribution in [1.82, 2.24) is 5.32 Å². The Morgan fingerprint density at radius 3 is 2.87 bits per heavy atom. The minimum absolute atomic E-state index is 0.229. The van der Waals surface area contributed by atoms with Crippen LogP contribution in [0, 0.1) is 24.2 Å². The number of hydrogen-bond acceptors (Lipinski definition) is 3. The van der Waals surface area contributed by atoms with Crippen LogP contribution in [-0.4, -0.2) is 11.4 Å². The number of amidine groups is 1. The van der Waals surface area contributed by atoms with Gasteiger partial charge in [-0.1, -0.05) is 17.8 Å². The van der Waals surface area contributed by atoms with Crippen molar-refractivity contribution in [3.63, 3.8) is 0 Å². The fourth-order valence-electron chi connectivity index (χ4n) is 0.984. The fraction of sp³-hybridized carbons (Fsp3) is 0.200. The molecule has 78 valence electrons. The van der Waals surface area contributed by atoms with E-state index < -0.39 is 0 Å². The lowest BCUT2D eigenvalue weighted by Gasteiger charge is -2.01. The van der Waals surface area contributed by atoms with E-state index in [-0.39, 0.29) is 11.5 Å². The molecule has 0 aliphatic rings. The Bertz CT molecular complexity index is 423. The van der Waals surface area contributed by atoms with Crippen LogP contribution < -0.4 is 5.32 Å². The largest absolute Gasteiger partial charge is 0.271 e. The van der Waals surface area contributed by atoms with E-state index in [4.69, 9.17) is 5.26 Å². The zero-order valence-corrected chi connectivity index (χ0v) is 9.23. The summed E-state index contributed by atoms with van der Waals surface area (Å²) in [5.41, 5.74) is 1.07. The number of hydrogen-bond donors (Lipinski definition) is 1. The molecule has 1 aromatic rings. The summed E-state index contributed by atoms with van der Waals surface area (Å²) in [5, 5.41) is 11.2. The monoisotopic (exact) mass is 223 g/mol. The number of rotatable bonds is 1. The van der Waals surface area contributed by atoms with Crippen molar-refractivity contribution in [2.75, 3.05) is 6.26 Å². The summed E-state index contributed by atoms with van der Waals surface area (Å²) >= 11 is 1.25. The molecule has 0 amide bonds. The zero-order valence-electron chi connectivity index (χ0n) is 8.41. The predicted octanol–water partition coefficient (Wildman–Crippen LogP) is 2.56. The number of nitriles is 1. The molecule has 0 spiro atoms. The molecule has 1 rings (SSSR count). The number of benzene rings is 1. The Hall–Kier alpha value is -1.54. The van der Waals surface area contributed by atoms with Gasteiger partial charge in [0.1, 0.15) is 11.5 Å². The van der Waals surface area contributed by atoms with Gasteiger partial charge < -0.3 is 0 Å². The molecule has 3 nitrogen and oxygen atoms in total. The number of aryl methyl sites for hydroxylation is 1. The van der Waals surface area contributed by atoms with Gasteiger partial charge in [-0.05, 0) is 30.9 Å². The second-order valence-corrected chi connectivity index (χ2v) is 3.61. The van der Waals surface area contributed by atoms with E-state index >= 15 is 0 Å². The number of nitrogens with zero attached hydrogens (tertiary/aromatic N) is 2. The molecule has 0 bridgehead atoms. The van der Waals surface area contributed by atoms with E-state index in [0.717, 1.165) is 5.56 Å². The van der Waals surface area contributed by atoms with Gasteiger partial charge in [-0.15, -0.1) is 0 Å². The van der Waals surface area contributed by atoms with Crippen molar-refractivity contribution in [2.24, 2.45) is 4.99 Å². The first-order valence-corrected chi connectivity index (χ1v) is 5.43. The van der Waals surface area contributed by atoms with Crippen molar-refractivity contribution < 1.29 is 4.39 Å². The van der Waals surface area contributed by atoms with Crippen LogP contribution in [0.1, 0.15) is 5.56 Å². The van der Waals surface area contributed by atoms with Crippen molar-refractivity contribution in [1.29, 1.82) is 5.26 Å². The zero-order chi connectivity index (χ0) is 11.3. The van der Waals surface area contributed by atoms with E-state index in [1.165, 1.54) is 17.8 Å². The van der Waals surface area contributed by atoms with Gasteiger partial charge in [-0.25, -0.2) is 9.38 Å². The maximum absolute atomic E-state index is 13.4. The number of thioether (sulfide) groups is 1. The molecule has 0 aliphatic carbocycles. The van der Waals surface area contributed by atoms with Crippen LogP contribution >= 0.6 is 11.8 Å². The SMILES string of the molecule is CSC(=Nc1ccc(C)cc1F)NC#N. The third-order valence-electron chi connectivity index (χ3n) is 1.68. The Morgan fingerprint density at radius 1 is 1.60 bits per heavy atom. The Kier molecular flexibility index (Phi) is 4.13. The first-order chi connectivity index (χ1) is 7.17. The maximum Gasteiger partial charge on any atom is 0.183 e. The van der Waals surface area contributed by atoms with Crippen molar-refractivity contribution in [3.8, 4) is 6.19 Å². The Labute approximate surface area is 92.0 Å². The van der Waals surface area contributed by atoms with Crippen LogP contribution in [0.5, 0.6) is 0 Å². The third-order valence-corrected chi connectivity index (χ3v) is 2.26. The van der Waals surface area contributed by atoms with Gasteiger partial charge in [0.25, 0.3) is 0 Å². The second kappa shape index (κ2) is 5.37. The highest BCUT2D eigenvalue weighted by Gasteiger charge is 2.02. The molecule has 0 heterocycles. The highest BCUT2D eigenvalue weighted by Crippen LogP contribution is 2.19. The van der Waals surface area contributed by atoms with E-state index in [2.05, 4.69) is 10.3 Å². The molecule has 0 radical (unpaired) electrons. The summed E-state index contributed by atoms with van der Waals surface area (Å²) in [7, 11) is 0. The molecule has 0 saturated heterocycles. The average molecular weight is 223 g/mol. The second-order valence-electron chi connectivity index (χ2n) is 2.81. The van der Waals surface area contributed by atoms with Crippen LogP contribution in [0.2, 0.25) is 0 Å². The van der Waals surface area contributed by atoms with E-state index in [1.54, 1.807) is 31.5 Å². The lowest BCUT2D eigenvalue weighted by molar-refractivity contribution is 0.629. The van der Waals surface area contributed by atoms with Crippen LogP contribution in [0.3, 0.4) is 0 Å². The topological polar surface area (TPSA) is 48.2 Å². The van der Waals surface area contributed by atoms with E-state index in [0.29, 0.717) is 5.17 Å². The summed E-state index contributed by atoms with van der Waals surface area (Å²) in [4.78, 5) is 3.98. The molecule has 1 N–H and O–H groups in total.